The fourth-order valence-corrected chi connectivity index (χ4v) is 6.10. The number of nitrogen functional groups attached to an aromatic ring is 1. The predicted molar refractivity (Wildman–Crippen MR) is 158 cm³/mol. The molecule has 0 amide bonds. The molecule has 1 saturated carbocycles. The standard InChI is InChI=1S/C30H38F4N8O2/c1-17-6-9-36-10-11-37-26-21-25(40-28(41-26)43-16-29(7-8-29)15-42-12-4-3-5-13-42)23(31)24(39-27(21)44-17)19-14-20(35)38-18(2)22(19)30(32,33)34/h14,17,36H,3-13,15-16H2,1-2H3,(H2,35,38)(H,37,40,41). The molecule has 6 rings (SSSR count). The summed E-state index contributed by atoms with van der Waals surface area (Å²) in [6, 6.07) is 0.914. The first-order valence-electron chi connectivity index (χ1n) is 15.3. The van der Waals surface area contributed by atoms with E-state index >= 15 is 4.39 Å². The van der Waals surface area contributed by atoms with Crippen molar-refractivity contribution in [2.24, 2.45) is 5.41 Å². The second kappa shape index (κ2) is 12.1. The number of nitrogens with one attached hydrogen (secondary N) is 2. The van der Waals surface area contributed by atoms with Gasteiger partial charge in [0.05, 0.1) is 24.0 Å². The van der Waals surface area contributed by atoms with Gasteiger partial charge < -0.3 is 30.7 Å². The highest BCUT2D eigenvalue weighted by molar-refractivity contribution is 5.96. The van der Waals surface area contributed by atoms with Gasteiger partial charge in [0.25, 0.3) is 0 Å². The van der Waals surface area contributed by atoms with Crippen LogP contribution in [0.3, 0.4) is 0 Å². The minimum absolute atomic E-state index is 0.0225. The summed E-state index contributed by atoms with van der Waals surface area (Å²) in [6.45, 7) is 8.07. The number of rotatable bonds is 6. The van der Waals surface area contributed by atoms with E-state index in [4.69, 9.17) is 15.2 Å². The molecule has 44 heavy (non-hydrogen) atoms. The van der Waals surface area contributed by atoms with Crippen molar-refractivity contribution in [2.45, 2.75) is 64.7 Å². The normalized spacial score (nSPS) is 20.8. The van der Waals surface area contributed by atoms with E-state index in [9.17, 15) is 13.2 Å². The molecule has 0 bridgehead atoms. The Hall–Kier alpha value is -3.52. The fourth-order valence-electron chi connectivity index (χ4n) is 6.10. The van der Waals surface area contributed by atoms with Crippen LogP contribution in [0.15, 0.2) is 6.07 Å². The Morgan fingerprint density at radius 2 is 1.86 bits per heavy atom. The van der Waals surface area contributed by atoms with Gasteiger partial charge in [0.2, 0.25) is 5.88 Å². The monoisotopic (exact) mass is 618 g/mol. The maximum absolute atomic E-state index is 16.5. The van der Waals surface area contributed by atoms with Crippen LogP contribution in [-0.4, -0.2) is 76.8 Å². The summed E-state index contributed by atoms with van der Waals surface area (Å²) in [6.07, 6.45) is 0.985. The highest BCUT2D eigenvalue weighted by Crippen LogP contribution is 2.47. The van der Waals surface area contributed by atoms with Gasteiger partial charge in [0.1, 0.15) is 28.2 Å². The number of hydrogen-bond donors (Lipinski definition) is 3. The first-order valence-corrected chi connectivity index (χ1v) is 15.3. The summed E-state index contributed by atoms with van der Waals surface area (Å²) < 4.78 is 71.6. The molecule has 1 aliphatic carbocycles. The van der Waals surface area contributed by atoms with Crippen LogP contribution in [0, 0.1) is 18.2 Å². The van der Waals surface area contributed by atoms with Gasteiger partial charge in [-0.3, -0.25) is 0 Å². The minimum atomic E-state index is -4.85. The molecule has 3 aromatic rings. The molecule has 14 heteroatoms. The maximum atomic E-state index is 16.5. The van der Waals surface area contributed by atoms with Crippen LogP contribution in [0.1, 0.15) is 56.7 Å². The number of nitrogens with two attached hydrogens (primary N) is 1. The van der Waals surface area contributed by atoms with E-state index < -0.39 is 34.9 Å². The first kappa shape index (κ1) is 30.5. The second-order valence-electron chi connectivity index (χ2n) is 12.2. The number of nitrogens with zero attached hydrogens (tertiary/aromatic N) is 5. The van der Waals surface area contributed by atoms with Crippen molar-refractivity contribution in [1.82, 2.24) is 30.2 Å². The number of piperidine rings is 1. The van der Waals surface area contributed by atoms with Crippen LogP contribution in [0.5, 0.6) is 11.9 Å². The Morgan fingerprint density at radius 3 is 2.59 bits per heavy atom. The molecule has 2 aliphatic heterocycles. The Balaban J connectivity index is 1.46. The number of aromatic nitrogens is 4. The summed E-state index contributed by atoms with van der Waals surface area (Å²) in [5.41, 5.74) is 2.93. The molecule has 1 saturated heterocycles. The van der Waals surface area contributed by atoms with Crippen molar-refractivity contribution in [3.63, 3.8) is 0 Å². The van der Waals surface area contributed by atoms with Crippen LogP contribution in [0.2, 0.25) is 0 Å². The Labute approximate surface area is 253 Å². The topological polar surface area (TPSA) is 123 Å². The second-order valence-corrected chi connectivity index (χ2v) is 12.2. The molecule has 238 valence electrons. The van der Waals surface area contributed by atoms with Crippen molar-refractivity contribution >= 4 is 22.5 Å². The van der Waals surface area contributed by atoms with E-state index in [-0.39, 0.29) is 45.5 Å². The van der Waals surface area contributed by atoms with Crippen LogP contribution < -0.4 is 25.8 Å². The SMILES string of the molecule is Cc1nc(N)cc(-c2nc3c4c(nc(OCC5(CN6CCCCC6)CC5)nc4c2F)NCCNCCC(C)O3)c1C(F)(F)F. The summed E-state index contributed by atoms with van der Waals surface area (Å²) in [5.74, 6) is -1.11. The molecule has 3 aliphatic rings. The Kier molecular flexibility index (Phi) is 8.40. The summed E-state index contributed by atoms with van der Waals surface area (Å²) in [7, 11) is 0. The molecular formula is C30H38F4N8O2. The highest BCUT2D eigenvalue weighted by Gasteiger charge is 2.45. The molecule has 4 N–H and O–H groups in total. The molecule has 1 atom stereocenters. The van der Waals surface area contributed by atoms with Crippen molar-refractivity contribution < 1.29 is 27.0 Å². The van der Waals surface area contributed by atoms with Gasteiger partial charge in [-0.15, -0.1) is 0 Å². The molecule has 0 aromatic carbocycles. The first-order chi connectivity index (χ1) is 21.0. The number of likely N-dealkylation sites (tertiary alicyclic amines) is 1. The average molecular weight is 619 g/mol. The molecule has 1 unspecified atom stereocenters. The molecule has 5 heterocycles. The molecule has 0 spiro atoms. The van der Waals surface area contributed by atoms with Gasteiger partial charge in [-0.05, 0) is 71.7 Å². The number of aryl methyl sites for hydroxylation is 1. The average Bonchev–Trinajstić information content (AvgIpc) is 3.73. The van der Waals surface area contributed by atoms with E-state index in [1.165, 1.54) is 26.2 Å². The molecule has 0 radical (unpaired) electrons. The lowest BCUT2D eigenvalue weighted by atomic mass is 10.0. The lowest BCUT2D eigenvalue weighted by Gasteiger charge is -2.30. The van der Waals surface area contributed by atoms with E-state index in [0.29, 0.717) is 32.7 Å². The molecule has 10 nitrogen and oxygen atoms in total. The summed E-state index contributed by atoms with van der Waals surface area (Å²) in [4.78, 5) is 19.6. The van der Waals surface area contributed by atoms with Crippen LogP contribution in [-0.2, 0) is 6.18 Å². The number of ether oxygens (including phenoxy) is 2. The quantitative estimate of drug-likeness (QED) is 0.327. The van der Waals surface area contributed by atoms with E-state index in [0.717, 1.165) is 38.5 Å². The van der Waals surface area contributed by atoms with Gasteiger partial charge in [-0.1, -0.05) is 6.42 Å². The van der Waals surface area contributed by atoms with Crippen LogP contribution >= 0.6 is 0 Å². The van der Waals surface area contributed by atoms with E-state index in [2.05, 4.69) is 35.5 Å². The van der Waals surface area contributed by atoms with Gasteiger partial charge in [0.15, 0.2) is 5.82 Å². The third kappa shape index (κ3) is 6.46. The minimum Gasteiger partial charge on any atom is -0.474 e. The van der Waals surface area contributed by atoms with E-state index in [1.807, 2.05) is 6.92 Å². The van der Waals surface area contributed by atoms with E-state index in [1.54, 1.807) is 0 Å². The number of halogens is 4. The van der Waals surface area contributed by atoms with Gasteiger partial charge in [0, 0.05) is 30.6 Å². The number of alkyl halides is 3. The number of anilines is 2. The number of pyridine rings is 2. The zero-order chi connectivity index (χ0) is 31.1. The zero-order valence-electron chi connectivity index (χ0n) is 25.0. The van der Waals surface area contributed by atoms with Crippen molar-refractivity contribution in [3.8, 4) is 23.1 Å². The smallest absolute Gasteiger partial charge is 0.418 e. The predicted octanol–water partition coefficient (Wildman–Crippen LogP) is 4.95. The summed E-state index contributed by atoms with van der Waals surface area (Å²) >= 11 is 0. The Morgan fingerprint density at radius 1 is 1.09 bits per heavy atom. The molecular weight excluding hydrogens is 580 g/mol. The lowest BCUT2D eigenvalue weighted by molar-refractivity contribution is -0.137. The maximum Gasteiger partial charge on any atom is 0.418 e. The van der Waals surface area contributed by atoms with Crippen LogP contribution in [0.25, 0.3) is 22.2 Å². The van der Waals surface area contributed by atoms with Crippen molar-refractivity contribution in [3.05, 3.63) is 23.1 Å². The lowest BCUT2D eigenvalue weighted by Crippen LogP contribution is -2.37. The Bertz CT molecular complexity index is 1530. The molecule has 2 fully saturated rings. The highest BCUT2D eigenvalue weighted by atomic mass is 19.4. The largest absolute Gasteiger partial charge is 0.474 e. The number of hydrogen-bond acceptors (Lipinski definition) is 10. The van der Waals surface area contributed by atoms with Crippen LogP contribution in [0.4, 0.5) is 29.2 Å². The third-order valence-corrected chi connectivity index (χ3v) is 8.60. The third-order valence-electron chi connectivity index (χ3n) is 8.60. The fraction of sp³-hybridized carbons (Fsp3) is 0.600. The van der Waals surface area contributed by atoms with Gasteiger partial charge in [-0.2, -0.15) is 23.1 Å². The van der Waals surface area contributed by atoms with Crippen molar-refractivity contribution in [2.75, 3.05) is 56.9 Å². The summed E-state index contributed by atoms with van der Waals surface area (Å²) in [5, 5.41) is 6.64. The van der Waals surface area contributed by atoms with Gasteiger partial charge in [-0.25, -0.2) is 14.4 Å². The molecule has 3 aromatic heterocycles. The van der Waals surface area contributed by atoms with Gasteiger partial charge >= 0.3 is 12.2 Å². The van der Waals surface area contributed by atoms with Crippen molar-refractivity contribution in [1.29, 1.82) is 0 Å². The zero-order valence-corrected chi connectivity index (χ0v) is 25.0.